The molecule has 25 heavy (non-hydrogen) atoms. The van der Waals surface area contributed by atoms with Crippen molar-refractivity contribution in [2.45, 2.75) is 12.6 Å². The maximum Gasteiger partial charge on any atom is 0.315 e. The van der Waals surface area contributed by atoms with Gasteiger partial charge in [0.2, 0.25) is 0 Å². The molecule has 0 aliphatic heterocycles. The van der Waals surface area contributed by atoms with Crippen molar-refractivity contribution in [3.63, 3.8) is 0 Å². The Morgan fingerprint density at radius 3 is 2.80 bits per heavy atom. The quantitative estimate of drug-likeness (QED) is 0.832. The molecule has 1 aromatic carbocycles. The van der Waals surface area contributed by atoms with Gasteiger partial charge in [-0.05, 0) is 32.3 Å². The van der Waals surface area contributed by atoms with Gasteiger partial charge in [0, 0.05) is 37.5 Å². The van der Waals surface area contributed by atoms with Gasteiger partial charge in [-0.2, -0.15) is 10.4 Å². The number of halogens is 1. The highest BCUT2D eigenvalue weighted by molar-refractivity contribution is 5.73. The third kappa shape index (κ3) is 5.02. The number of aromatic nitrogens is 2. The second-order valence-electron chi connectivity index (χ2n) is 5.91. The van der Waals surface area contributed by atoms with E-state index in [0.717, 1.165) is 5.56 Å². The molecule has 0 fully saturated rings. The molecule has 0 saturated heterocycles. The molecular weight excluding hydrogens is 323 g/mol. The van der Waals surface area contributed by atoms with E-state index in [4.69, 9.17) is 5.26 Å². The maximum absolute atomic E-state index is 13.7. The fourth-order valence-electron chi connectivity index (χ4n) is 2.42. The van der Waals surface area contributed by atoms with E-state index in [1.807, 2.05) is 38.3 Å². The lowest BCUT2D eigenvalue weighted by Gasteiger charge is -2.23. The number of hydrogen-bond acceptors (Lipinski definition) is 4. The lowest BCUT2D eigenvalue weighted by molar-refractivity contribution is 0.232. The summed E-state index contributed by atoms with van der Waals surface area (Å²) in [5.74, 6) is -0.458. The summed E-state index contributed by atoms with van der Waals surface area (Å²) in [5, 5.41) is 18.4. The molecule has 2 N–H and O–H groups in total. The van der Waals surface area contributed by atoms with E-state index >= 15 is 0 Å². The van der Waals surface area contributed by atoms with Gasteiger partial charge < -0.3 is 15.5 Å². The molecule has 8 heteroatoms. The Morgan fingerprint density at radius 2 is 2.20 bits per heavy atom. The summed E-state index contributed by atoms with van der Waals surface area (Å²) in [6.07, 6.45) is 3.65. The monoisotopic (exact) mass is 344 g/mol. The Balaban J connectivity index is 1.90. The number of likely N-dealkylation sites (N-methyl/N-ethyl adjacent to an activating group) is 1. The minimum atomic E-state index is -0.458. The summed E-state index contributed by atoms with van der Waals surface area (Å²) in [7, 11) is 5.67. The van der Waals surface area contributed by atoms with E-state index in [9.17, 15) is 9.18 Å². The van der Waals surface area contributed by atoms with Gasteiger partial charge >= 0.3 is 6.03 Å². The van der Waals surface area contributed by atoms with Crippen LogP contribution < -0.4 is 10.6 Å². The summed E-state index contributed by atoms with van der Waals surface area (Å²) in [6, 6.07) is 5.55. The van der Waals surface area contributed by atoms with E-state index in [1.165, 1.54) is 18.2 Å². The normalized spacial score (nSPS) is 11.8. The average molecular weight is 344 g/mol. The summed E-state index contributed by atoms with van der Waals surface area (Å²) < 4.78 is 15.4. The molecule has 1 aromatic heterocycles. The van der Waals surface area contributed by atoms with Crippen LogP contribution in [0.4, 0.5) is 9.18 Å². The second-order valence-corrected chi connectivity index (χ2v) is 5.91. The first-order valence-electron chi connectivity index (χ1n) is 7.76. The zero-order valence-corrected chi connectivity index (χ0v) is 14.5. The minimum Gasteiger partial charge on any atom is -0.336 e. The van der Waals surface area contributed by atoms with Gasteiger partial charge in [-0.3, -0.25) is 4.68 Å². The molecule has 0 radical (unpaired) electrons. The number of amides is 2. The van der Waals surface area contributed by atoms with E-state index < -0.39 is 11.8 Å². The van der Waals surface area contributed by atoms with Crippen LogP contribution in [0.25, 0.3) is 0 Å². The van der Waals surface area contributed by atoms with Crippen molar-refractivity contribution in [3.8, 4) is 6.07 Å². The van der Waals surface area contributed by atoms with Crippen molar-refractivity contribution in [1.29, 1.82) is 5.26 Å². The van der Waals surface area contributed by atoms with Crippen molar-refractivity contribution in [2.24, 2.45) is 7.05 Å². The minimum absolute atomic E-state index is 0.00666. The zero-order valence-electron chi connectivity index (χ0n) is 14.5. The van der Waals surface area contributed by atoms with Crippen molar-refractivity contribution in [1.82, 2.24) is 25.3 Å². The first kappa shape index (κ1) is 18.4. The molecule has 2 amide bonds. The zero-order chi connectivity index (χ0) is 18.4. The standard InChI is InChI=1S/C17H21FN6O/c1-23(2)16(14-9-22-24(3)11-14)10-21-17(25)20-8-13-6-12(7-19)4-5-15(13)18/h4-6,9,11,16H,8,10H2,1-3H3,(H2,20,21,25)/t16-/m0/s1. The van der Waals surface area contributed by atoms with Crippen molar-refractivity contribution >= 4 is 6.03 Å². The van der Waals surface area contributed by atoms with Gasteiger partial charge in [0.15, 0.2) is 0 Å². The van der Waals surface area contributed by atoms with Crippen LogP contribution in [0.5, 0.6) is 0 Å². The molecule has 0 aliphatic carbocycles. The number of urea groups is 1. The van der Waals surface area contributed by atoms with Crippen LogP contribution in [-0.2, 0) is 13.6 Å². The molecule has 132 valence electrons. The van der Waals surface area contributed by atoms with Crippen LogP contribution in [0, 0.1) is 17.1 Å². The lowest BCUT2D eigenvalue weighted by Crippen LogP contribution is -2.40. The number of aryl methyl sites for hydroxylation is 1. The maximum atomic E-state index is 13.7. The van der Waals surface area contributed by atoms with Crippen molar-refractivity contribution in [2.75, 3.05) is 20.6 Å². The van der Waals surface area contributed by atoms with Gasteiger partial charge in [-0.1, -0.05) is 0 Å². The molecule has 1 atom stereocenters. The molecule has 0 saturated carbocycles. The number of benzene rings is 1. The first-order valence-corrected chi connectivity index (χ1v) is 7.76. The number of nitrogens with one attached hydrogen (secondary N) is 2. The first-order chi connectivity index (χ1) is 11.9. The topological polar surface area (TPSA) is 86.0 Å². The van der Waals surface area contributed by atoms with Crippen LogP contribution in [0.15, 0.2) is 30.6 Å². The van der Waals surface area contributed by atoms with Gasteiger partial charge in [-0.15, -0.1) is 0 Å². The molecule has 7 nitrogen and oxygen atoms in total. The SMILES string of the molecule is CN(C)[C@@H](CNC(=O)NCc1cc(C#N)ccc1F)c1cnn(C)c1. The Bertz CT molecular complexity index is 780. The Hall–Kier alpha value is -2.92. The number of carbonyl (C=O) groups excluding carboxylic acids is 1. The molecule has 2 rings (SSSR count). The van der Waals surface area contributed by atoms with Crippen LogP contribution >= 0.6 is 0 Å². The molecule has 0 aliphatic rings. The predicted octanol–water partition coefficient (Wildman–Crippen LogP) is 1.53. The van der Waals surface area contributed by atoms with Crippen LogP contribution in [0.2, 0.25) is 0 Å². The van der Waals surface area contributed by atoms with Crippen LogP contribution in [0.3, 0.4) is 0 Å². The van der Waals surface area contributed by atoms with E-state index in [1.54, 1.807) is 10.9 Å². The van der Waals surface area contributed by atoms with Gasteiger partial charge in [0.05, 0.1) is 23.9 Å². The summed E-state index contributed by atoms with van der Waals surface area (Å²) in [6.45, 7) is 0.387. The van der Waals surface area contributed by atoms with Gasteiger partial charge in [-0.25, -0.2) is 9.18 Å². The van der Waals surface area contributed by atoms with E-state index in [2.05, 4.69) is 15.7 Å². The summed E-state index contributed by atoms with van der Waals surface area (Å²) >= 11 is 0. The van der Waals surface area contributed by atoms with Gasteiger partial charge in [0.25, 0.3) is 0 Å². The molecule has 0 bridgehead atoms. The second kappa shape index (κ2) is 8.26. The fraction of sp³-hybridized carbons (Fsp3) is 0.353. The van der Waals surface area contributed by atoms with Crippen molar-refractivity contribution < 1.29 is 9.18 Å². The van der Waals surface area contributed by atoms with E-state index in [-0.39, 0.29) is 18.2 Å². The number of rotatable bonds is 6. The third-order valence-electron chi connectivity index (χ3n) is 3.80. The Morgan fingerprint density at radius 1 is 1.44 bits per heavy atom. The lowest BCUT2D eigenvalue weighted by atomic mass is 10.1. The molecular formula is C17H21FN6O. The number of carbonyl (C=O) groups is 1. The number of nitrogens with zero attached hydrogens (tertiary/aromatic N) is 4. The Kier molecular flexibility index (Phi) is 6.08. The Labute approximate surface area is 146 Å². The molecule has 2 aromatic rings. The molecule has 0 spiro atoms. The number of hydrogen-bond donors (Lipinski definition) is 2. The summed E-state index contributed by atoms with van der Waals surface area (Å²) in [5.41, 5.74) is 1.61. The number of nitriles is 1. The summed E-state index contributed by atoms with van der Waals surface area (Å²) in [4.78, 5) is 14.0. The largest absolute Gasteiger partial charge is 0.336 e. The van der Waals surface area contributed by atoms with Crippen LogP contribution in [0.1, 0.15) is 22.7 Å². The fourth-order valence-corrected chi connectivity index (χ4v) is 2.42. The van der Waals surface area contributed by atoms with Crippen LogP contribution in [-0.4, -0.2) is 41.4 Å². The van der Waals surface area contributed by atoms with E-state index in [0.29, 0.717) is 12.1 Å². The molecule has 1 heterocycles. The van der Waals surface area contributed by atoms with Gasteiger partial charge in [0.1, 0.15) is 5.82 Å². The average Bonchev–Trinajstić information content (AvgIpc) is 3.00. The predicted molar refractivity (Wildman–Crippen MR) is 91.0 cm³/mol. The highest BCUT2D eigenvalue weighted by atomic mass is 19.1. The highest BCUT2D eigenvalue weighted by Crippen LogP contribution is 2.16. The smallest absolute Gasteiger partial charge is 0.315 e. The molecule has 0 unspecified atom stereocenters. The highest BCUT2D eigenvalue weighted by Gasteiger charge is 2.17. The third-order valence-corrected chi connectivity index (χ3v) is 3.80. The van der Waals surface area contributed by atoms with Crippen molar-refractivity contribution in [3.05, 3.63) is 53.1 Å².